The molecule has 2 aromatic carbocycles. The standard InChI is InChI=1S/C26H23N5O3/c1-17-7-12-25-27-19(15-31(25)14-17)16-34-20-10-8-18(9-11-20)26(32)28-24-13-22(29-30-24)21-5-3-4-6-23(21)33-2/h3-15H,16H2,1-2H3,(H2,28,29,30,32). The Morgan fingerprint density at radius 1 is 1.06 bits per heavy atom. The second-order valence-electron chi connectivity index (χ2n) is 7.84. The summed E-state index contributed by atoms with van der Waals surface area (Å²) in [5.74, 6) is 1.54. The maximum Gasteiger partial charge on any atom is 0.256 e. The number of H-pyrrole nitrogens is 1. The summed E-state index contributed by atoms with van der Waals surface area (Å²) >= 11 is 0. The van der Waals surface area contributed by atoms with Gasteiger partial charge in [-0.1, -0.05) is 18.2 Å². The van der Waals surface area contributed by atoms with Crippen molar-refractivity contribution in [3.05, 3.63) is 95.9 Å². The van der Waals surface area contributed by atoms with Gasteiger partial charge in [-0.05, 0) is 55.0 Å². The van der Waals surface area contributed by atoms with Crippen molar-refractivity contribution in [2.24, 2.45) is 0 Å². The highest BCUT2D eigenvalue weighted by Gasteiger charge is 2.12. The van der Waals surface area contributed by atoms with Gasteiger partial charge in [-0.15, -0.1) is 0 Å². The predicted molar refractivity (Wildman–Crippen MR) is 129 cm³/mol. The molecule has 5 aromatic rings. The summed E-state index contributed by atoms with van der Waals surface area (Å²) in [6.45, 7) is 2.38. The number of nitrogens with one attached hydrogen (secondary N) is 2. The van der Waals surface area contributed by atoms with E-state index in [9.17, 15) is 4.79 Å². The Hall–Kier alpha value is -4.59. The van der Waals surface area contributed by atoms with Gasteiger partial charge < -0.3 is 19.2 Å². The van der Waals surface area contributed by atoms with Crippen molar-refractivity contribution < 1.29 is 14.3 Å². The lowest BCUT2D eigenvalue weighted by Gasteiger charge is -2.06. The van der Waals surface area contributed by atoms with Gasteiger partial charge in [-0.25, -0.2) is 4.98 Å². The molecule has 0 unspecified atom stereocenters. The van der Waals surface area contributed by atoms with E-state index in [1.165, 1.54) is 0 Å². The number of methoxy groups -OCH3 is 1. The number of amides is 1. The number of fused-ring (bicyclic) bond motifs is 1. The lowest BCUT2D eigenvalue weighted by atomic mass is 10.1. The van der Waals surface area contributed by atoms with Gasteiger partial charge in [0.1, 0.15) is 23.8 Å². The van der Waals surface area contributed by atoms with Crippen LogP contribution in [0.4, 0.5) is 5.82 Å². The van der Waals surface area contributed by atoms with Crippen LogP contribution in [0, 0.1) is 6.92 Å². The SMILES string of the molecule is COc1ccccc1-c1cc(NC(=O)c2ccc(OCc3cn4cc(C)ccc4n3)cc2)n[nH]1. The fourth-order valence-corrected chi connectivity index (χ4v) is 3.66. The molecule has 0 bridgehead atoms. The van der Waals surface area contributed by atoms with Gasteiger partial charge >= 0.3 is 0 Å². The summed E-state index contributed by atoms with van der Waals surface area (Å²) in [4.78, 5) is 17.2. The summed E-state index contributed by atoms with van der Waals surface area (Å²) < 4.78 is 13.2. The number of rotatable bonds is 7. The molecule has 0 aliphatic carbocycles. The molecule has 3 aromatic heterocycles. The summed E-state index contributed by atoms with van der Waals surface area (Å²) in [5, 5.41) is 9.93. The third-order valence-electron chi connectivity index (χ3n) is 5.37. The molecule has 8 heteroatoms. The number of anilines is 1. The van der Waals surface area contributed by atoms with E-state index in [2.05, 4.69) is 20.5 Å². The zero-order chi connectivity index (χ0) is 23.5. The molecular weight excluding hydrogens is 430 g/mol. The number of para-hydroxylation sites is 1. The number of aromatic amines is 1. The van der Waals surface area contributed by atoms with Gasteiger partial charge in [-0.2, -0.15) is 5.10 Å². The molecule has 0 radical (unpaired) electrons. The van der Waals surface area contributed by atoms with Gasteiger partial charge in [0.25, 0.3) is 5.91 Å². The van der Waals surface area contributed by atoms with Crippen LogP contribution in [0.2, 0.25) is 0 Å². The number of ether oxygens (including phenoxy) is 2. The Bertz CT molecular complexity index is 1450. The molecule has 0 aliphatic rings. The van der Waals surface area contributed by atoms with Crippen molar-refractivity contribution >= 4 is 17.4 Å². The van der Waals surface area contributed by atoms with Crippen LogP contribution in [0.3, 0.4) is 0 Å². The number of nitrogens with zero attached hydrogens (tertiary/aromatic N) is 3. The van der Waals surface area contributed by atoms with Crippen molar-refractivity contribution in [3.8, 4) is 22.8 Å². The lowest BCUT2D eigenvalue weighted by Crippen LogP contribution is -2.12. The third-order valence-corrected chi connectivity index (χ3v) is 5.37. The first-order valence-electron chi connectivity index (χ1n) is 10.8. The second-order valence-corrected chi connectivity index (χ2v) is 7.84. The molecule has 0 saturated heterocycles. The van der Waals surface area contributed by atoms with E-state index in [0.717, 1.165) is 33.9 Å². The topological polar surface area (TPSA) is 93.5 Å². The molecule has 34 heavy (non-hydrogen) atoms. The number of aromatic nitrogens is 4. The molecule has 3 heterocycles. The minimum absolute atomic E-state index is 0.264. The normalized spacial score (nSPS) is 10.9. The Balaban J connectivity index is 1.21. The van der Waals surface area contributed by atoms with Crippen molar-refractivity contribution in [2.75, 3.05) is 12.4 Å². The van der Waals surface area contributed by atoms with E-state index in [-0.39, 0.29) is 5.91 Å². The van der Waals surface area contributed by atoms with Crippen LogP contribution in [0.15, 0.2) is 79.1 Å². The van der Waals surface area contributed by atoms with Gasteiger partial charge in [0.2, 0.25) is 0 Å². The number of carbonyl (C=O) groups excluding carboxylic acids is 1. The van der Waals surface area contributed by atoms with Crippen molar-refractivity contribution in [2.45, 2.75) is 13.5 Å². The Morgan fingerprint density at radius 2 is 1.88 bits per heavy atom. The maximum absolute atomic E-state index is 12.7. The number of imidazole rings is 1. The van der Waals surface area contributed by atoms with Crippen molar-refractivity contribution in [3.63, 3.8) is 0 Å². The van der Waals surface area contributed by atoms with Crippen molar-refractivity contribution in [1.29, 1.82) is 0 Å². The van der Waals surface area contributed by atoms with Crippen LogP contribution in [0.25, 0.3) is 16.9 Å². The second kappa shape index (κ2) is 9.11. The Labute approximate surface area is 196 Å². The summed E-state index contributed by atoms with van der Waals surface area (Å²) in [7, 11) is 1.61. The largest absolute Gasteiger partial charge is 0.496 e. The number of hydrogen-bond acceptors (Lipinski definition) is 5. The summed E-state index contributed by atoms with van der Waals surface area (Å²) in [6, 6.07) is 20.3. The lowest BCUT2D eigenvalue weighted by molar-refractivity contribution is 0.102. The van der Waals surface area contributed by atoms with Crippen LogP contribution in [-0.2, 0) is 6.61 Å². The average molecular weight is 454 g/mol. The molecule has 5 rings (SSSR count). The number of benzene rings is 2. The van der Waals surface area contributed by atoms with Gasteiger partial charge in [0.05, 0.1) is 18.5 Å². The number of pyridine rings is 1. The summed E-state index contributed by atoms with van der Waals surface area (Å²) in [5.41, 5.74) is 4.98. The van der Waals surface area contributed by atoms with E-state index in [4.69, 9.17) is 9.47 Å². The summed E-state index contributed by atoms with van der Waals surface area (Å²) in [6.07, 6.45) is 3.98. The number of aryl methyl sites for hydroxylation is 1. The van der Waals surface area contributed by atoms with Gasteiger partial charge in [0.15, 0.2) is 5.82 Å². The maximum atomic E-state index is 12.7. The Morgan fingerprint density at radius 3 is 2.71 bits per heavy atom. The van der Waals surface area contributed by atoms with Crippen LogP contribution in [0.5, 0.6) is 11.5 Å². The quantitative estimate of drug-likeness (QED) is 0.367. The minimum Gasteiger partial charge on any atom is -0.496 e. The zero-order valence-electron chi connectivity index (χ0n) is 18.8. The molecule has 0 spiro atoms. The molecule has 0 fully saturated rings. The first-order valence-corrected chi connectivity index (χ1v) is 10.8. The molecule has 0 atom stereocenters. The molecule has 1 amide bonds. The molecule has 0 aliphatic heterocycles. The van der Waals surface area contributed by atoms with Gasteiger partial charge in [0, 0.05) is 29.6 Å². The molecular formula is C26H23N5O3. The first-order chi connectivity index (χ1) is 16.6. The van der Waals surface area contributed by atoms with Crippen LogP contribution >= 0.6 is 0 Å². The molecule has 0 saturated carbocycles. The predicted octanol–water partition coefficient (Wildman–Crippen LogP) is 4.87. The third kappa shape index (κ3) is 4.47. The minimum atomic E-state index is -0.264. The average Bonchev–Trinajstić information content (AvgIpc) is 3.49. The highest BCUT2D eigenvalue weighted by atomic mass is 16.5. The first kappa shape index (κ1) is 21.3. The van der Waals surface area contributed by atoms with Crippen LogP contribution < -0.4 is 14.8 Å². The number of hydrogen-bond donors (Lipinski definition) is 2. The molecule has 2 N–H and O–H groups in total. The highest BCUT2D eigenvalue weighted by Crippen LogP contribution is 2.29. The van der Waals surface area contributed by atoms with E-state index >= 15 is 0 Å². The van der Waals surface area contributed by atoms with Crippen LogP contribution in [-0.4, -0.2) is 32.6 Å². The van der Waals surface area contributed by atoms with Gasteiger partial charge in [-0.3, -0.25) is 9.89 Å². The zero-order valence-corrected chi connectivity index (χ0v) is 18.8. The van der Waals surface area contributed by atoms with E-state index < -0.39 is 0 Å². The smallest absolute Gasteiger partial charge is 0.256 e. The number of carbonyl (C=O) groups is 1. The fourth-order valence-electron chi connectivity index (χ4n) is 3.66. The Kier molecular flexibility index (Phi) is 5.70. The van der Waals surface area contributed by atoms with Crippen LogP contribution in [0.1, 0.15) is 21.6 Å². The van der Waals surface area contributed by atoms with E-state index in [1.807, 2.05) is 60.1 Å². The van der Waals surface area contributed by atoms with E-state index in [1.54, 1.807) is 37.4 Å². The molecule has 8 nitrogen and oxygen atoms in total. The fraction of sp³-hybridized carbons (Fsp3) is 0.115. The van der Waals surface area contributed by atoms with Crippen molar-refractivity contribution in [1.82, 2.24) is 19.6 Å². The highest BCUT2D eigenvalue weighted by molar-refractivity contribution is 6.04. The van der Waals surface area contributed by atoms with E-state index in [0.29, 0.717) is 23.7 Å². The molecule has 170 valence electrons. The monoisotopic (exact) mass is 453 g/mol.